The Kier molecular flexibility index (Phi) is 10.6. The van der Waals surface area contributed by atoms with Gasteiger partial charge in [-0.05, 0) is 43.3 Å². The zero-order chi connectivity index (χ0) is 31.6. The van der Waals surface area contributed by atoms with Crippen molar-refractivity contribution in [2.75, 3.05) is 13.7 Å². The Bertz CT molecular complexity index is 1690. The van der Waals surface area contributed by atoms with Crippen molar-refractivity contribution in [3.63, 3.8) is 0 Å². The zero-order valence-electron chi connectivity index (χ0n) is 23.8. The van der Waals surface area contributed by atoms with Crippen molar-refractivity contribution in [2.45, 2.75) is 31.5 Å². The van der Waals surface area contributed by atoms with E-state index >= 15 is 0 Å². The second kappa shape index (κ2) is 14.7. The van der Waals surface area contributed by atoms with Crippen molar-refractivity contribution in [1.29, 1.82) is 0 Å². The molecular weight excluding hydrogens is 572 g/mol. The van der Waals surface area contributed by atoms with E-state index in [1.54, 1.807) is 54.6 Å². The summed E-state index contributed by atoms with van der Waals surface area (Å²) >= 11 is 0. The number of ether oxygens (including phenoxy) is 4. The molecule has 0 saturated carbocycles. The number of H-pyrrole nitrogens is 1. The number of esters is 3. The number of aliphatic hydroxyl groups is 1. The third kappa shape index (κ3) is 7.73. The Labute approximate surface area is 251 Å². The monoisotopic (exact) mass is 602 g/mol. The molecule has 228 valence electrons. The number of methoxy groups -OCH3 is 1. The van der Waals surface area contributed by atoms with Crippen LogP contribution in [0.1, 0.15) is 42.9 Å². The lowest BCUT2D eigenvalue weighted by atomic mass is 10.1. The summed E-state index contributed by atoms with van der Waals surface area (Å²) in [7, 11) is 1.19. The Morgan fingerprint density at radius 2 is 1.20 bits per heavy atom. The van der Waals surface area contributed by atoms with Gasteiger partial charge in [-0.1, -0.05) is 54.6 Å². The number of hydrogen-bond acceptors (Lipinski definition) is 10. The molecule has 0 spiro atoms. The third-order valence-corrected chi connectivity index (χ3v) is 6.55. The number of aromatic amines is 1. The van der Waals surface area contributed by atoms with Crippen LogP contribution >= 0.6 is 0 Å². The molecule has 0 fully saturated rings. The van der Waals surface area contributed by atoms with Gasteiger partial charge in [0, 0.05) is 18.9 Å². The van der Waals surface area contributed by atoms with Crippen molar-refractivity contribution in [2.24, 2.45) is 0 Å². The van der Waals surface area contributed by atoms with Crippen LogP contribution in [0.15, 0.2) is 107 Å². The summed E-state index contributed by atoms with van der Waals surface area (Å²) in [5.41, 5.74) is -1.05. The lowest BCUT2D eigenvalue weighted by Gasteiger charge is -2.35. The van der Waals surface area contributed by atoms with Crippen LogP contribution in [0.25, 0.3) is 0 Å². The van der Waals surface area contributed by atoms with Crippen LogP contribution in [0.2, 0.25) is 0 Å². The van der Waals surface area contributed by atoms with Gasteiger partial charge in [0.15, 0.2) is 18.4 Å². The number of carbonyl (C=O) groups is 3. The fourth-order valence-electron chi connectivity index (χ4n) is 4.28. The number of aryl methyl sites for hydroxylation is 1. The van der Waals surface area contributed by atoms with Gasteiger partial charge < -0.3 is 24.1 Å². The first-order chi connectivity index (χ1) is 21.2. The SMILES string of the molecule is COC([C@@H](OC(=O)c1ccccc1)[C@H](OC(=O)c1ccccc1)[C@H](O)COC(=O)c1ccccc1)n1cc(C)c(=O)[nH]c1=O. The molecule has 44 heavy (non-hydrogen) atoms. The Hall–Kier alpha value is -5.33. The van der Waals surface area contributed by atoms with Crippen LogP contribution in [0.4, 0.5) is 0 Å². The molecule has 0 aliphatic heterocycles. The van der Waals surface area contributed by atoms with E-state index in [2.05, 4.69) is 4.98 Å². The van der Waals surface area contributed by atoms with E-state index in [-0.39, 0.29) is 22.3 Å². The molecule has 0 aliphatic carbocycles. The Balaban J connectivity index is 1.76. The maximum absolute atomic E-state index is 13.3. The predicted octanol–water partition coefficient (Wildman–Crippen LogP) is 2.66. The minimum absolute atomic E-state index is 0.102. The summed E-state index contributed by atoms with van der Waals surface area (Å²) in [6.07, 6.45) is -5.63. The molecule has 12 nitrogen and oxygen atoms in total. The van der Waals surface area contributed by atoms with Crippen molar-refractivity contribution >= 4 is 17.9 Å². The van der Waals surface area contributed by atoms with Crippen molar-refractivity contribution in [3.8, 4) is 0 Å². The maximum atomic E-state index is 13.3. The summed E-state index contributed by atoms with van der Waals surface area (Å²) in [4.78, 5) is 66.4. The predicted molar refractivity (Wildman–Crippen MR) is 156 cm³/mol. The molecule has 3 aromatic carbocycles. The molecule has 1 heterocycles. The number of carbonyl (C=O) groups excluding carboxylic acids is 3. The molecule has 2 N–H and O–H groups in total. The highest BCUT2D eigenvalue weighted by Gasteiger charge is 2.43. The van der Waals surface area contributed by atoms with Crippen LogP contribution < -0.4 is 11.2 Å². The molecule has 0 amide bonds. The number of nitrogens with zero attached hydrogens (tertiary/aromatic N) is 1. The van der Waals surface area contributed by atoms with Gasteiger partial charge in [-0.15, -0.1) is 0 Å². The highest BCUT2D eigenvalue weighted by molar-refractivity contribution is 5.90. The van der Waals surface area contributed by atoms with E-state index in [9.17, 15) is 29.1 Å². The van der Waals surface area contributed by atoms with Gasteiger partial charge >= 0.3 is 23.6 Å². The topological polar surface area (TPSA) is 163 Å². The largest absolute Gasteiger partial charge is 0.459 e. The molecule has 1 unspecified atom stereocenters. The summed E-state index contributed by atoms with van der Waals surface area (Å²) < 4.78 is 23.3. The minimum atomic E-state index is -1.79. The smallest absolute Gasteiger partial charge is 0.338 e. The van der Waals surface area contributed by atoms with Crippen molar-refractivity contribution in [3.05, 3.63) is 140 Å². The quantitative estimate of drug-likeness (QED) is 0.182. The molecule has 0 radical (unpaired) electrons. The lowest BCUT2D eigenvalue weighted by molar-refractivity contribution is -0.153. The van der Waals surface area contributed by atoms with Crippen LogP contribution in [0.5, 0.6) is 0 Å². The number of aromatic nitrogens is 2. The van der Waals surface area contributed by atoms with Gasteiger partial charge in [0.25, 0.3) is 5.56 Å². The fourth-order valence-corrected chi connectivity index (χ4v) is 4.28. The van der Waals surface area contributed by atoms with E-state index in [0.29, 0.717) is 0 Å². The highest BCUT2D eigenvalue weighted by atomic mass is 16.6. The van der Waals surface area contributed by atoms with Crippen LogP contribution in [-0.4, -0.2) is 64.6 Å². The number of rotatable bonds is 12. The molecule has 4 atom stereocenters. The first kappa shape index (κ1) is 31.6. The van der Waals surface area contributed by atoms with Gasteiger partial charge in [-0.3, -0.25) is 14.3 Å². The van der Waals surface area contributed by atoms with Crippen molar-refractivity contribution in [1.82, 2.24) is 9.55 Å². The fraction of sp³-hybridized carbons (Fsp3) is 0.219. The first-order valence-corrected chi connectivity index (χ1v) is 13.5. The van der Waals surface area contributed by atoms with Gasteiger partial charge in [0.1, 0.15) is 12.7 Å². The normalized spacial score (nSPS) is 13.6. The molecule has 4 rings (SSSR count). The first-order valence-electron chi connectivity index (χ1n) is 13.5. The van der Waals surface area contributed by atoms with Gasteiger partial charge in [-0.2, -0.15) is 0 Å². The highest BCUT2D eigenvalue weighted by Crippen LogP contribution is 2.25. The molecule has 4 aromatic rings. The van der Waals surface area contributed by atoms with Crippen LogP contribution in [-0.2, 0) is 18.9 Å². The Morgan fingerprint density at radius 1 is 0.750 bits per heavy atom. The third-order valence-electron chi connectivity index (χ3n) is 6.55. The molecule has 1 aromatic heterocycles. The molecule has 0 bridgehead atoms. The summed E-state index contributed by atoms with van der Waals surface area (Å²) in [6, 6.07) is 23.6. The van der Waals surface area contributed by atoms with E-state index < -0.39 is 60.3 Å². The van der Waals surface area contributed by atoms with Crippen molar-refractivity contribution < 1.29 is 38.4 Å². The number of hydrogen-bond donors (Lipinski definition) is 2. The number of benzene rings is 3. The van der Waals surface area contributed by atoms with E-state index in [1.165, 1.54) is 56.6 Å². The second-order valence-electron chi connectivity index (χ2n) is 9.61. The molecule has 12 heteroatoms. The number of nitrogens with one attached hydrogen (secondary N) is 1. The van der Waals surface area contributed by atoms with E-state index in [0.717, 1.165) is 4.57 Å². The Morgan fingerprint density at radius 3 is 1.68 bits per heavy atom. The van der Waals surface area contributed by atoms with Crippen LogP contribution in [0, 0.1) is 6.92 Å². The summed E-state index contributed by atoms with van der Waals surface area (Å²) in [5.74, 6) is -2.59. The van der Waals surface area contributed by atoms with E-state index in [4.69, 9.17) is 18.9 Å². The average molecular weight is 603 g/mol. The van der Waals surface area contributed by atoms with Crippen LogP contribution in [0.3, 0.4) is 0 Å². The van der Waals surface area contributed by atoms with Gasteiger partial charge in [0.05, 0.1) is 16.7 Å². The molecule has 0 aliphatic rings. The van der Waals surface area contributed by atoms with Gasteiger partial charge in [0.2, 0.25) is 0 Å². The lowest BCUT2D eigenvalue weighted by Crippen LogP contribution is -2.52. The molecule has 0 saturated heterocycles. The zero-order valence-corrected chi connectivity index (χ0v) is 23.8. The minimum Gasteiger partial charge on any atom is -0.459 e. The number of aliphatic hydroxyl groups excluding tert-OH is 1. The second-order valence-corrected chi connectivity index (χ2v) is 9.61. The van der Waals surface area contributed by atoms with E-state index in [1.807, 2.05) is 0 Å². The maximum Gasteiger partial charge on any atom is 0.338 e. The molecular formula is C32H30N2O10. The van der Waals surface area contributed by atoms with Gasteiger partial charge in [-0.25, -0.2) is 19.2 Å². The summed E-state index contributed by atoms with van der Waals surface area (Å²) in [6.45, 7) is 0.743. The summed E-state index contributed by atoms with van der Waals surface area (Å²) in [5, 5.41) is 11.4. The standard InChI is InChI=1S/C32H30N2O10/c1-20-18-34(32(40)33-27(20)36)28(41-2)26(44-31(39)23-16-10-5-11-17-23)25(43-30(38)22-14-8-4-9-15-22)24(35)19-42-29(37)21-12-6-3-7-13-21/h3-18,24-26,28,35H,19H2,1-2H3,(H,33,36,40)/t24-,25-,26+,28?/m1/s1. The average Bonchev–Trinajstić information content (AvgIpc) is 3.05.